The number of carbonyl (C=O) groups is 2. The zero-order valence-electron chi connectivity index (χ0n) is 15.1. The molecule has 0 N–H and O–H groups in total. The lowest BCUT2D eigenvalue weighted by Crippen LogP contribution is -2.45. The van der Waals surface area contributed by atoms with Crippen LogP contribution in [0.5, 0.6) is 0 Å². The molecule has 0 radical (unpaired) electrons. The Morgan fingerprint density at radius 2 is 1.78 bits per heavy atom. The maximum absolute atomic E-state index is 13.2. The summed E-state index contributed by atoms with van der Waals surface area (Å²) in [6, 6.07) is 11.8. The number of ether oxygens (including phenoxy) is 1. The summed E-state index contributed by atoms with van der Waals surface area (Å²) < 4.78 is 31.7. The summed E-state index contributed by atoms with van der Waals surface area (Å²) in [7, 11) is 1.57. The van der Waals surface area contributed by atoms with E-state index >= 15 is 0 Å². The summed E-state index contributed by atoms with van der Waals surface area (Å²) >= 11 is 0. The third-order valence-corrected chi connectivity index (χ3v) is 5.06. The van der Waals surface area contributed by atoms with E-state index in [-0.39, 0.29) is 30.7 Å². The summed E-state index contributed by atoms with van der Waals surface area (Å²) in [4.78, 5) is 26.3. The SMILES string of the molecule is CN(Cc1cccc(F)c1)C(=O)COC(=O)C1(c2ccc(F)cc2)CCC1. The Kier molecular flexibility index (Phi) is 5.54. The smallest absolute Gasteiger partial charge is 0.317 e. The van der Waals surface area contributed by atoms with E-state index in [1.54, 1.807) is 31.3 Å². The Morgan fingerprint density at radius 1 is 1.07 bits per heavy atom. The topological polar surface area (TPSA) is 46.6 Å². The number of rotatable bonds is 6. The van der Waals surface area contributed by atoms with Crippen molar-refractivity contribution in [1.29, 1.82) is 0 Å². The number of amides is 1. The van der Waals surface area contributed by atoms with Crippen LogP contribution in [-0.2, 0) is 26.3 Å². The van der Waals surface area contributed by atoms with Crippen molar-refractivity contribution in [3.63, 3.8) is 0 Å². The van der Waals surface area contributed by atoms with Crippen molar-refractivity contribution < 1.29 is 23.1 Å². The van der Waals surface area contributed by atoms with E-state index in [1.165, 1.54) is 29.2 Å². The molecule has 142 valence electrons. The van der Waals surface area contributed by atoms with Crippen molar-refractivity contribution in [3.8, 4) is 0 Å². The van der Waals surface area contributed by atoms with Crippen LogP contribution in [0.4, 0.5) is 8.78 Å². The molecule has 1 aliphatic carbocycles. The van der Waals surface area contributed by atoms with Crippen LogP contribution in [0.15, 0.2) is 48.5 Å². The predicted molar refractivity (Wildman–Crippen MR) is 95.8 cm³/mol. The van der Waals surface area contributed by atoms with Gasteiger partial charge >= 0.3 is 5.97 Å². The van der Waals surface area contributed by atoms with Gasteiger partial charge < -0.3 is 9.64 Å². The maximum Gasteiger partial charge on any atom is 0.317 e. The molecule has 0 bridgehead atoms. The molecule has 0 spiro atoms. The maximum atomic E-state index is 13.2. The van der Waals surface area contributed by atoms with E-state index in [1.807, 2.05) is 0 Å². The second kappa shape index (κ2) is 7.86. The minimum Gasteiger partial charge on any atom is -0.455 e. The first-order chi connectivity index (χ1) is 12.9. The number of hydrogen-bond donors (Lipinski definition) is 0. The van der Waals surface area contributed by atoms with Crippen molar-refractivity contribution in [2.45, 2.75) is 31.2 Å². The fraction of sp³-hybridized carbons (Fsp3) is 0.333. The molecule has 2 aromatic carbocycles. The Bertz CT molecular complexity index is 832. The summed E-state index contributed by atoms with van der Waals surface area (Å²) in [6.07, 6.45) is 2.11. The van der Waals surface area contributed by atoms with Crippen LogP contribution in [0.25, 0.3) is 0 Å². The van der Waals surface area contributed by atoms with Crippen LogP contribution < -0.4 is 0 Å². The van der Waals surface area contributed by atoms with E-state index in [0.29, 0.717) is 24.0 Å². The number of benzene rings is 2. The van der Waals surface area contributed by atoms with Crippen molar-refractivity contribution in [3.05, 3.63) is 71.3 Å². The molecule has 0 unspecified atom stereocenters. The molecule has 1 amide bonds. The highest BCUT2D eigenvalue weighted by Gasteiger charge is 2.47. The lowest BCUT2D eigenvalue weighted by molar-refractivity contribution is -0.160. The minimum absolute atomic E-state index is 0.219. The first-order valence-electron chi connectivity index (χ1n) is 8.82. The van der Waals surface area contributed by atoms with Gasteiger partial charge in [-0.1, -0.05) is 30.7 Å². The lowest BCUT2D eigenvalue weighted by atomic mass is 9.64. The van der Waals surface area contributed by atoms with Gasteiger partial charge in [0.1, 0.15) is 11.6 Å². The van der Waals surface area contributed by atoms with Gasteiger partial charge in [-0.2, -0.15) is 0 Å². The fourth-order valence-corrected chi connectivity index (χ4v) is 3.28. The predicted octanol–water partition coefficient (Wildman–Crippen LogP) is 3.59. The summed E-state index contributed by atoms with van der Waals surface area (Å²) in [5.74, 6) is -1.57. The number of carbonyl (C=O) groups excluding carboxylic acids is 2. The lowest BCUT2D eigenvalue weighted by Gasteiger charge is -2.39. The number of esters is 1. The molecule has 6 heteroatoms. The molecule has 2 aromatic rings. The van der Waals surface area contributed by atoms with Gasteiger partial charge in [-0.15, -0.1) is 0 Å². The van der Waals surface area contributed by atoms with Crippen molar-refractivity contribution >= 4 is 11.9 Å². The van der Waals surface area contributed by atoms with Crippen LogP contribution in [-0.4, -0.2) is 30.4 Å². The second-order valence-corrected chi connectivity index (χ2v) is 6.90. The zero-order valence-corrected chi connectivity index (χ0v) is 15.1. The summed E-state index contributed by atoms with van der Waals surface area (Å²) in [5.41, 5.74) is 0.564. The van der Waals surface area contributed by atoms with Gasteiger partial charge in [0.2, 0.25) is 0 Å². The van der Waals surface area contributed by atoms with E-state index < -0.39 is 11.4 Å². The van der Waals surface area contributed by atoms with Gasteiger partial charge in [-0.25, -0.2) is 8.78 Å². The number of halogens is 2. The molecular weight excluding hydrogens is 352 g/mol. The molecule has 0 saturated heterocycles. The van der Waals surface area contributed by atoms with Gasteiger partial charge in [0.15, 0.2) is 6.61 Å². The Hall–Kier alpha value is -2.76. The first kappa shape index (κ1) is 19.0. The fourth-order valence-electron chi connectivity index (χ4n) is 3.28. The molecule has 1 saturated carbocycles. The van der Waals surface area contributed by atoms with Crippen LogP contribution in [0.1, 0.15) is 30.4 Å². The highest BCUT2D eigenvalue weighted by atomic mass is 19.1. The zero-order chi connectivity index (χ0) is 19.4. The second-order valence-electron chi connectivity index (χ2n) is 6.90. The molecule has 3 rings (SSSR count). The number of hydrogen-bond acceptors (Lipinski definition) is 3. The standard InChI is InChI=1S/C21H21F2NO3/c1-24(13-15-4-2-5-18(23)12-15)19(25)14-27-20(26)21(10-3-11-21)16-6-8-17(22)9-7-16/h2,4-9,12H,3,10-11,13-14H2,1H3. The first-order valence-corrected chi connectivity index (χ1v) is 8.82. The Morgan fingerprint density at radius 3 is 2.37 bits per heavy atom. The molecule has 1 aliphatic rings. The Labute approximate surface area is 156 Å². The average molecular weight is 373 g/mol. The monoisotopic (exact) mass is 373 g/mol. The van der Waals surface area contributed by atoms with Crippen LogP contribution in [0.2, 0.25) is 0 Å². The molecule has 0 heterocycles. The van der Waals surface area contributed by atoms with Crippen molar-refractivity contribution in [2.24, 2.45) is 0 Å². The third-order valence-electron chi connectivity index (χ3n) is 5.06. The van der Waals surface area contributed by atoms with E-state index in [4.69, 9.17) is 4.74 Å². The normalized spacial score (nSPS) is 14.9. The third kappa shape index (κ3) is 4.15. The number of nitrogens with zero attached hydrogens (tertiary/aromatic N) is 1. The van der Waals surface area contributed by atoms with Crippen molar-refractivity contribution in [1.82, 2.24) is 4.90 Å². The highest BCUT2D eigenvalue weighted by Crippen LogP contribution is 2.44. The van der Waals surface area contributed by atoms with Gasteiger partial charge in [0.25, 0.3) is 5.91 Å². The van der Waals surface area contributed by atoms with Crippen LogP contribution >= 0.6 is 0 Å². The van der Waals surface area contributed by atoms with Crippen LogP contribution in [0.3, 0.4) is 0 Å². The van der Waals surface area contributed by atoms with E-state index in [2.05, 4.69) is 0 Å². The van der Waals surface area contributed by atoms with Gasteiger partial charge in [-0.3, -0.25) is 9.59 Å². The quantitative estimate of drug-likeness (QED) is 0.727. The molecule has 0 aliphatic heterocycles. The number of likely N-dealkylation sites (N-methyl/N-ethyl adjacent to an activating group) is 1. The largest absolute Gasteiger partial charge is 0.455 e. The molecular formula is C21H21F2NO3. The molecule has 0 aromatic heterocycles. The molecule has 1 fully saturated rings. The molecule has 4 nitrogen and oxygen atoms in total. The molecule has 0 atom stereocenters. The van der Waals surface area contributed by atoms with E-state index in [0.717, 1.165) is 6.42 Å². The minimum atomic E-state index is -0.797. The summed E-state index contributed by atoms with van der Waals surface area (Å²) in [6.45, 7) is -0.162. The van der Waals surface area contributed by atoms with Crippen molar-refractivity contribution in [2.75, 3.05) is 13.7 Å². The average Bonchev–Trinajstić information content (AvgIpc) is 2.60. The van der Waals surface area contributed by atoms with E-state index in [9.17, 15) is 18.4 Å². The Balaban J connectivity index is 1.59. The highest BCUT2D eigenvalue weighted by molar-refractivity contribution is 5.87. The van der Waals surface area contributed by atoms with Gasteiger partial charge in [0, 0.05) is 13.6 Å². The van der Waals surface area contributed by atoms with Gasteiger partial charge in [-0.05, 0) is 48.2 Å². The summed E-state index contributed by atoms with van der Waals surface area (Å²) in [5, 5.41) is 0. The van der Waals surface area contributed by atoms with Gasteiger partial charge in [0.05, 0.1) is 5.41 Å². The van der Waals surface area contributed by atoms with Crippen LogP contribution in [0, 0.1) is 11.6 Å². The molecule has 27 heavy (non-hydrogen) atoms.